The van der Waals surface area contributed by atoms with Gasteiger partial charge in [0.2, 0.25) is 0 Å². The van der Waals surface area contributed by atoms with Crippen molar-refractivity contribution in [3.05, 3.63) is 95.2 Å². The van der Waals surface area contributed by atoms with Gasteiger partial charge in [0, 0.05) is 10.9 Å². The maximum absolute atomic E-state index is 12.3. The van der Waals surface area contributed by atoms with Crippen LogP contribution in [0.2, 0.25) is 0 Å². The van der Waals surface area contributed by atoms with Crippen LogP contribution in [0.25, 0.3) is 11.0 Å². The zero-order valence-electron chi connectivity index (χ0n) is 17.9. The first kappa shape index (κ1) is 21.7. The van der Waals surface area contributed by atoms with Gasteiger partial charge in [0.25, 0.3) is 0 Å². The molecule has 0 bridgehead atoms. The van der Waals surface area contributed by atoms with Crippen molar-refractivity contribution in [2.24, 2.45) is 5.10 Å². The molecule has 7 nitrogen and oxygen atoms in total. The maximum atomic E-state index is 12.3. The van der Waals surface area contributed by atoms with Gasteiger partial charge in [-0.15, -0.1) is 0 Å². The fraction of sp³-hybridized carbons (Fsp3) is 0.115. The number of nitriles is 1. The van der Waals surface area contributed by atoms with Crippen molar-refractivity contribution in [3.63, 3.8) is 0 Å². The van der Waals surface area contributed by atoms with Crippen molar-refractivity contribution in [1.82, 2.24) is 5.43 Å². The van der Waals surface area contributed by atoms with Crippen LogP contribution >= 0.6 is 0 Å². The van der Waals surface area contributed by atoms with E-state index in [1.807, 2.05) is 43.3 Å². The molecule has 0 saturated heterocycles. The highest BCUT2D eigenvalue weighted by atomic mass is 16.5. The number of furan rings is 1. The smallest absolute Gasteiger partial charge is 0.307 e. The molecule has 33 heavy (non-hydrogen) atoms. The first-order valence-electron chi connectivity index (χ1n) is 10.4. The van der Waals surface area contributed by atoms with Crippen LogP contribution in [0.1, 0.15) is 34.2 Å². The van der Waals surface area contributed by atoms with E-state index in [4.69, 9.17) is 19.2 Å². The highest BCUT2D eigenvalue weighted by Crippen LogP contribution is 2.24. The maximum Gasteiger partial charge on any atom is 0.307 e. The molecule has 0 atom stereocenters. The second kappa shape index (κ2) is 10.2. The Morgan fingerprint density at radius 2 is 1.85 bits per heavy atom. The molecule has 164 valence electrons. The zero-order valence-corrected chi connectivity index (χ0v) is 17.9. The number of hydrogen-bond acceptors (Lipinski definition) is 6. The number of carbonyl (C=O) groups excluding carboxylic acids is 1. The minimum absolute atomic E-state index is 0.164. The standard InChI is InChI=1S/C26H21N3O4/c1-2-31-23-11-12-24-21(13-23)14-25(33-24)26(30)29-28-16-18-7-9-22(10-8-18)32-17-20-6-4-3-5-19(20)15-27/h3-14,16H,2,17H2,1H3,(H,29,30)/b28-16+. The molecule has 0 aliphatic heterocycles. The third-order valence-corrected chi connectivity index (χ3v) is 4.81. The Kier molecular flexibility index (Phi) is 6.67. The summed E-state index contributed by atoms with van der Waals surface area (Å²) in [6, 6.07) is 23.7. The van der Waals surface area contributed by atoms with Crippen molar-refractivity contribution in [2.45, 2.75) is 13.5 Å². The van der Waals surface area contributed by atoms with Crippen molar-refractivity contribution in [3.8, 4) is 17.6 Å². The summed E-state index contributed by atoms with van der Waals surface area (Å²) in [6.07, 6.45) is 1.53. The largest absolute Gasteiger partial charge is 0.494 e. The number of fused-ring (bicyclic) bond motifs is 1. The zero-order chi connectivity index (χ0) is 23.0. The molecule has 7 heteroatoms. The van der Waals surface area contributed by atoms with Crippen molar-refractivity contribution >= 4 is 23.1 Å². The summed E-state index contributed by atoms with van der Waals surface area (Å²) in [7, 11) is 0. The molecule has 1 amide bonds. The van der Waals surface area contributed by atoms with Gasteiger partial charge in [-0.25, -0.2) is 5.43 Å². The normalized spacial score (nSPS) is 10.8. The van der Waals surface area contributed by atoms with E-state index in [9.17, 15) is 4.79 Å². The molecule has 0 unspecified atom stereocenters. The molecule has 0 saturated carbocycles. The van der Waals surface area contributed by atoms with Gasteiger partial charge in [0.05, 0.1) is 24.5 Å². The van der Waals surface area contributed by atoms with Gasteiger partial charge in [-0.3, -0.25) is 4.79 Å². The lowest BCUT2D eigenvalue weighted by molar-refractivity contribution is 0.0929. The van der Waals surface area contributed by atoms with Crippen molar-refractivity contribution in [1.29, 1.82) is 5.26 Å². The Hall–Kier alpha value is -4.57. The van der Waals surface area contributed by atoms with Crippen LogP contribution in [-0.4, -0.2) is 18.7 Å². The second-order valence-corrected chi connectivity index (χ2v) is 7.07. The summed E-state index contributed by atoms with van der Waals surface area (Å²) in [5.41, 5.74) is 5.27. The minimum atomic E-state index is -0.448. The Morgan fingerprint density at radius 3 is 2.64 bits per heavy atom. The molecule has 0 aliphatic carbocycles. The average molecular weight is 439 g/mol. The van der Waals surface area contributed by atoms with Gasteiger partial charge in [-0.05, 0) is 67.1 Å². The van der Waals surface area contributed by atoms with Gasteiger partial charge in [-0.1, -0.05) is 18.2 Å². The van der Waals surface area contributed by atoms with Crippen molar-refractivity contribution < 1.29 is 18.7 Å². The summed E-state index contributed by atoms with van der Waals surface area (Å²) in [4.78, 5) is 12.3. The highest BCUT2D eigenvalue weighted by Gasteiger charge is 2.12. The molecule has 0 radical (unpaired) electrons. The summed E-state index contributed by atoms with van der Waals surface area (Å²) in [5.74, 6) is 1.10. The van der Waals surface area contributed by atoms with E-state index in [0.717, 1.165) is 22.3 Å². The lowest BCUT2D eigenvalue weighted by Crippen LogP contribution is -2.16. The first-order valence-corrected chi connectivity index (χ1v) is 10.4. The number of rotatable bonds is 8. The number of ether oxygens (including phenoxy) is 2. The number of amides is 1. The lowest BCUT2D eigenvalue weighted by Gasteiger charge is -2.07. The quantitative estimate of drug-likeness (QED) is 0.306. The number of benzene rings is 3. The molecular formula is C26H21N3O4. The molecule has 0 aliphatic rings. The molecule has 3 aromatic carbocycles. The van der Waals surface area contributed by atoms with E-state index >= 15 is 0 Å². The van der Waals surface area contributed by atoms with Gasteiger partial charge in [0.15, 0.2) is 5.76 Å². The molecule has 4 aromatic rings. The average Bonchev–Trinajstić information content (AvgIpc) is 3.27. The van der Waals surface area contributed by atoms with E-state index < -0.39 is 5.91 Å². The number of hydrogen-bond donors (Lipinski definition) is 1. The summed E-state index contributed by atoms with van der Waals surface area (Å²) in [5, 5.41) is 13.9. The van der Waals surface area contributed by atoms with Crippen molar-refractivity contribution in [2.75, 3.05) is 6.61 Å². The number of carbonyl (C=O) groups is 1. The van der Waals surface area contributed by atoms with E-state index in [0.29, 0.717) is 30.1 Å². The molecule has 1 heterocycles. The molecule has 0 fully saturated rings. The SMILES string of the molecule is CCOc1ccc2oc(C(=O)N/N=C/c3ccc(OCc4ccccc4C#N)cc3)cc2c1. The molecule has 1 N–H and O–H groups in total. The topological polar surface area (TPSA) is 96.8 Å². The Bertz CT molecular complexity index is 1330. The van der Waals surface area contributed by atoms with Gasteiger partial charge < -0.3 is 13.9 Å². The van der Waals surface area contributed by atoms with Crippen LogP contribution in [0, 0.1) is 11.3 Å². The lowest BCUT2D eigenvalue weighted by atomic mass is 10.1. The Balaban J connectivity index is 1.33. The van der Waals surface area contributed by atoms with E-state index in [1.54, 1.807) is 36.4 Å². The van der Waals surface area contributed by atoms with Crippen LogP contribution in [0.15, 0.2) is 82.3 Å². The monoisotopic (exact) mass is 439 g/mol. The number of nitrogens with zero attached hydrogens (tertiary/aromatic N) is 2. The van der Waals surface area contributed by atoms with Gasteiger partial charge in [-0.2, -0.15) is 10.4 Å². The Morgan fingerprint density at radius 1 is 1.06 bits per heavy atom. The number of hydrazone groups is 1. The van der Waals surface area contributed by atoms with E-state index in [-0.39, 0.29) is 5.76 Å². The molecule has 0 spiro atoms. The van der Waals surface area contributed by atoms with Crippen LogP contribution in [0.4, 0.5) is 0 Å². The van der Waals surface area contributed by atoms with E-state index in [1.165, 1.54) is 6.21 Å². The van der Waals surface area contributed by atoms with Crippen LogP contribution in [0.5, 0.6) is 11.5 Å². The summed E-state index contributed by atoms with van der Waals surface area (Å²) in [6.45, 7) is 2.78. The Labute approximate surface area is 190 Å². The first-order chi connectivity index (χ1) is 16.2. The highest BCUT2D eigenvalue weighted by molar-refractivity contribution is 5.96. The molecular weight excluding hydrogens is 418 g/mol. The summed E-state index contributed by atoms with van der Waals surface area (Å²) < 4.78 is 16.8. The third kappa shape index (κ3) is 5.38. The predicted octanol–water partition coefficient (Wildman–Crippen LogP) is 5.05. The van der Waals surface area contributed by atoms with Crippen LogP contribution in [-0.2, 0) is 6.61 Å². The second-order valence-electron chi connectivity index (χ2n) is 7.07. The fourth-order valence-electron chi connectivity index (χ4n) is 3.18. The summed E-state index contributed by atoms with van der Waals surface area (Å²) >= 11 is 0. The van der Waals surface area contributed by atoms with E-state index in [2.05, 4.69) is 16.6 Å². The minimum Gasteiger partial charge on any atom is -0.494 e. The molecule has 4 rings (SSSR count). The van der Waals surface area contributed by atoms with Crippen LogP contribution < -0.4 is 14.9 Å². The van der Waals surface area contributed by atoms with Gasteiger partial charge >= 0.3 is 5.91 Å². The van der Waals surface area contributed by atoms with Crippen LogP contribution in [0.3, 0.4) is 0 Å². The third-order valence-electron chi connectivity index (χ3n) is 4.81. The van der Waals surface area contributed by atoms with Gasteiger partial charge in [0.1, 0.15) is 23.7 Å². The fourth-order valence-corrected chi connectivity index (χ4v) is 3.18. The predicted molar refractivity (Wildman–Crippen MR) is 124 cm³/mol. The molecule has 1 aromatic heterocycles. The number of nitrogens with one attached hydrogen (secondary N) is 1.